The second-order valence-electron chi connectivity index (χ2n) is 5.66. The summed E-state index contributed by atoms with van der Waals surface area (Å²) >= 11 is 0. The molecule has 0 aliphatic carbocycles. The van der Waals surface area contributed by atoms with Crippen LogP contribution in [0.2, 0.25) is 0 Å². The lowest BCUT2D eigenvalue weighted by atomic mass is 9.93. The zero-order chi connectivity index (χ0) is 16.8. The van der Waals surface area contributed by atoms with Gasteiger partial charge in [-0.05, 0) is 36.6 Å². The number of halogens is 2. The molecule has 4 heteroatoms. The molecule has 0 bridgehead atoms. The fourth-order valence-corrected chi connectivity index (χ4v) is 2.60. The van der Waals surface area contributed by atoms with Gasteiger partial charge in [0.15, 0.2) is 11.6 Å². The molecule has 0 aliphatic heterocycles. The molecule has 0 aromatic heterocycles. The lowest BCUT2D eigenvalue weighted by Crippen LogP contribution is -2.31. The first-order chi connectivity index (χ1) is 11.0. The largest absolute Gasteiger partial charge is 0.349 e. The molecule has 2 nitrogen and oxygen atoms in total. The number of nitrogens with one attached hydrogen (secondary N) is 1. The highest BCUT2D eigenvalue weighted by molar-refractivity contribution is 5.84. The third kappa shape index (κ3) is 4.38. The highest BCUT2D eigenvalue weighted by Crippen LogP contribution is 2.23. The highest BCUT2D eigenvalue weighted by atomic mass is 19.2. The number of amides is 1. The van der Waals surface area contributed by atoms with Gasteiger partial charge in [-0.2, -0.15) is 0 Å². The van der Waals surface area contributed by atoms with Crippen LogP contribution >= 0.6 is 0 Å². The minimum atomic E-state index is -0.906. The van der Waals surface area contributed by atoms with Gasteiger partial charge in [-0.15, -0.1) is 0 Å². The Morgan fingerprint density at radius 3 is 2.35 bits per heavy atom. The normalized spacial score (nSPS) is 13.4. The van der Waals surface area contributed by atoms with Crippen molar-refractivity contribution in [3.05, 3.63) is 71.3 Å². The van der Waals surface area contributed by atoms with Crippen LogP contribution in [0.4, 0.5) is 8.78 Å². The maximum Gasteiger partial charge on any atom is 0.228 e. The van der Waals surface area contributed by atoms with E-state index >= 15 is 0 Å². The van der Waals surface area contributed by atoms with Crippen LogP contribution in [0.15, 0.2) is 48.5 Å². The Labute approximate surface area is 135 Å². The summed E-state index contributed by atoms with van der Waals surface area (Å²) in [6.07, 6.45) is 1.62. The molecule has 1 N–H and O–H groups in total. The maximum absolute atomic E-state index is 13.3. The van der Waals surface area contributed by atoms with Gasteiger partial charge in [0.25, 0.3) is 0 Å². The first kappa shape index (κ1) is 17.1. The first-order valence-corrected chi connectivity index (χ1v) is 7.83. The SMILES string of the molecule is CCC[C@H](C(=O)N[C@@H](C)c1ccc(F)c(F)c1)c1ccccc1. The maximum atomic E-state index is 13.3. The van der Waals surface area contributed by atoms with Crippen LogP contribution in [0.1, 0.15) is 49.8 Å². The molecule has 0 saturated carbocycles. The fraction of sp³-hybridized carbons (Fsp3) is 0.316. The molecule has 2 aromatic carbocycles. The predicted molar refractivity (Wildman–Crippen MR) is 87.0 cm³/mol. The minimum absolute atomic E-state index is 0.102. The Bertz CT molecular complexity index is 658. The number of benzene rings is 2. The average Bonchev–Trinajstić information content (AvgIpc) is 2.55. The van der Waals surface area contributed by atoms with Crippen molar-refractivity contribution in [1.82, 2.24) is 5.32 Å². The quantitative estimate of drug-likeness (QED) is 0.820. The summed E-state index contributed by atoms with van der Waals surface area (Å²) in [5, 5.41) is 2.90. The molecule has 0 spiro atoms. The fourth-order valence-electron chi connectivity index (χ4n) is 2.60. The summed E-state index contributed by atoms with van der Waals surface area (Å²) in [5.74, 6) is -2.14. The molecule has 0 unspecified atom stereocenters. The summed E-state index contributed by atoms with van der Waals surface area (Å²) in [7, 11) is 0. The molecule has 0 radical (unpaired) electrons. The van der Waals surface area contributed by atoms with E-state index in [2.05, 4.69) is 5.32 Å². The Hall–Kier alpha value is -2.23. The Morgan fingerprint density at radius 1 is 1.04 bits per heavy atom. The van der Waals surface area contributed by atoms with Gasteiger partial charge in [0.05, 0.1) is 12.0 Å². The Kier molecular flexibility index (Phi) is 5.85. The molecule has 23 heavy (non-hydrogen) atoms. The van der Waals surface area contributed by atoms with E-state index < -0.39 is 11.6 Å². The third-order valence-corrected chi connectivity index (χ3v) is 3.90. The van der Waals surface area contributed by atoms with Gasteiger partial charge in [0, 0.05) is 0 Å². The van der Waals surface area contributed by atoms with Crippen LogP contribution in [0.3, 0.4) is 0 Å². The van der Waals surface area contributed by atoms with Gasteiger partial charge in [-0.3, -0.25) is 4.79 Å². The summed E-state index contributed by atoms with van der Waals surface area (Å²) in [6, 6.07) is 12.9. The van der Waals surface area contributed by atoms with Crippen molar-refractivity contribution >= 4 is 5.91 Å². The van der Waals surface area contributed by atoms with Crippen molar-refractivity contribution in [3.8, 4) is 0 Å². The standard InChI is InChI=1S/C19H21F2NO/c1-3-7-16(14-8-5-4-6-9-14)19(23)22-13(2)15-10-11-17(20)18(21)12-15/h4-6,8-13,16H,3,7H2,1-2H3,(H,22,23)/t13-,16-/m0/s1. The van der Waals surface area contributed by atoms with Crippen molar-refractivity contribution in [2.24, 2.45) is 0 Å². The van der Waals surface area contributed by atoms with E-state index in [0.29, 0.717) is 5.56 Å². The molecule has 0 aliphatic rings. The van der Waals surface area contributed by atoms with Gasteiger partial charge >= 0.3 is 0 Å². The lowest BCUT2D eigenvalue weighted by molar-refractivity contribution is -0.123. The smallest absolute Gasteiger partial charge is 0.228 e. The van der Waals surface area contributed by atoms with Crippen LogP contribution in [-0.4, -0.2) is 5.91 Å². The third-order valence-electron chi connectivity index (χ3n) is 3.90. The van der Waals surface area contributed by atoms with Crippen LogP contribution in [0, 0.1) is 11.6 Å². The van der Waals surface area contributed by atoms with E-state index in [9.17, 15) is 13.6 Å². The topological polar surface area (TPSA) is 29.1 Å². The second-order valence-corrected chi connectivity index (χ2v) is 5.66. The van der Waals surface area contributed by atoms with Crippen molar-refractivity contribution < 1.29 is 13.6 Å². The summed E-state index contributed by atoms with van der Waals surface area (Å²) in [6.45, 7) is 3.79. The minimum Gasteiger partial charge on any atom is -0.349 e. The van der Waals surface area contributed by atoms with Crippen molar-refractivity contribution in [3.63, 3.8) is 0 Å². The number of hydrogen-bond acceptors (Lipinski definition) is 1. The number of carbonyl (C=O) groups is 1. The van der Waals surface area contributed by atoms with Gasteiger partial charge < -0.3 is 5.32 Å². The monoisotopic (exact) mass is 317 g/mol. The molecule has 0 heterocycles. The van der Waals surface area contributed by atoms with E-state index in [1.165, 1.54) is 6.07 Å². The molecule has 0 fully saturated rings. The van der Waals surface area contributed by atoms with Gasteiger partial charge in [-0.25, -0.2) is 8.78 Å². The van der Waals surface area contributed by atoms with Crippen LogP contribution in [0.5, 0.6) is 0 Å². The predicted octanol–water partition coefficient (Wildman–Crippen LogP) is 4.73. The zero-order valence-corrected chi connectivity index (χ0v) is 13.4. The Morgan fingerprint density at radius 2 is 1.74 bits per heavy atom. The number of carbonyl (C=O) groups excluding carboxylic acids is 1. The summed E-state index contributed by atoms with van der Waals surface area (Å²) < 4.78 is 26.3. The van der Waals surface area contributed by atoms with E-state index in [1.54, 1.807) is 6.92 Å². The van der Waals surface area contributed by atoms with E-state index in [1.807, 2.05) is 37.3 Å². The van der Waals surface area contributed by atoms with Crippen molar-refractivity contribution in [2.75, 3.05) is 0 Å². The second kappa shape index (κ2) is 7.86. The van der Waals surface area contributed by atoms with E-state index in [4.69, 9.17) is 0 Å². The van der Waals surface area contributed by atoms with Crippen LogP contribution < -0.4 is 5.32 Å². The number of rotatable bonds is 6. The molecule has 1 amide bonds. The van der Waals surface area contributed by atoms with Gasteiger partial charge in [-0.1, -0.05) is 49.7 Å². The molecule has 2 rings (SSSR count). The summed E-state index contributed by atoms with van der Waals surface area (Å²) in [5.41, 5.74) is 1.50. The number of hydrogen-bond donors (Lipinski definition) is 1. The molecule has 2 aromatic rings. The lowest BCUT2D eigenvalue weighted by Gasteiger charge is -2.21. The molecule has 0 saturated heterocycles. The summed E-state index contributed by atoms with van der Waals surface area (Å²) in [4.78, 5) is 12.6. The van der Waals surface area contributed by atoms with Crippen molar-refractivity contribution in [1.29, 1.82) is 0 Å². The van der Waals surface area contributed by atoms with E-state index in [0.717, 1.165) is 30.5 Å². The average molecular weight is 317 g/mol. The molecular weight excluding hydrogens is 296 g/mol. The molecular formula is C19H21F2NO. The van der Waals surface area contributed by atoms with Crippen LogP contribution in [0.25, 0.3) is 0 Å². The van der Waals surface area contributed by atoms with Gasteiger partial charge in [0.1, 0.15) is 0 Å². The Balaban J connectivity index is 2.13. The van der Waals surface area contributed by atoms with Gasteiger partial charge in [0.2, 0.25) is 5.91 Å². The zero-order valence-electron chi connectivity index (χ0n) is 13.4. The molecule has 122 valence electrons. The first-order valence-electron chi connectivity index (χ1n) is 7.83. The highest BCUT2D eigenvalue weighted by Gasteiger charge is 2.21. The van der Waals surface area contributed by atoms with Crippen molar-refractivity contribution in [2.45, 2.75) is 38.6 Å². The molecule has 2 atom stereocenters. The van der Waals surface area contributed by atoms with E-state index in [-0.39, 0.29) is 17.9 Å². The van der Waals surface area contributed by atoms with Crippen LogP contribution in [-0.2, 0) is 4.79 Å².